The SMILES string of the molecule is Cc1cc(C2CCC(OC(=O)NC34CC(C3)C4)C2)n[nH]1. The third-order valence-corrected chi connectivity index (χ3v) is 5.21. The highest BCUT2D eigenvalue weighted by Crippen LogP contribution is 2.56. The Morgan fingerprint density at radius 1 is 1.45 bits per heavy atom. The zero-order valence-corrected chi connectivity index (χ0v) is 11.8. The van der Waals surface area contributed by atoms with Crippen molar-refractivity contribution in [3.8, 4) is 0 Å². The van der Waals surface area contributed by atoms with E-state index in [4.69, 9.17) is 4.74 Å². The first-order valence-electron chi connectivity index (χ1n) is 7.63. The molecule has 0 aromatic carbocycles. The number of aromatic amines is 1. The first-order valence-corrected chi connectivity index (χ1v) is 7.63. The van der Waals surface area contributed by atoms with Crippen molar-refractivity contribution in [1.82, 2.24) is 15.5 Å². The molecule has 2 unspecified atom stereocenters. The zero-order valence-electron chi connectivity index (χ0n) is 11.8. The minimum Gasteiger partial charge on any atom is -0.446 e. The number of carbonyl (C=O) groups is 1. The van der Waals surface area contributed by atoms with E-state index >= 15 is 0 Å². The summed E-state index contributed by atoms with van der Waals surface area (Å²) in [6.07, 6.45) is 6.19. The molecule has 4 fully saturated rings. The van der Waals surface area contributed by atoms with Gasteiger partial charge in [0.05, 0.1) is 5.69 Å². The van der Waals surface area contributed by atoms with Gasteiger partial charge in [0.25, 0.3) is 0 Å². The van der Waals surface area contributed by atoms with Crippen LogP contribution < -0.4 is 5.32 Å². The Labute approximate surface area is 118 Å². The fraction of sp³-hybridized carbons (Fsp3) is 0.733. The lowest BCUT2D eigenvalue weighted by atomic mass is 9.50. The predicted octanol–water partition coefficient (Wildman–Crippen LogP) is 2.63. The molecule has 4 saturated carbocycles. The summed E-state index contributed by atoms with van der Waals surface area (Å²) in [5.74, 6) is 1.29. The molecule has 5 rings (SSSR count). The highest BCUT2D eigenvalue weighted by molar-refractivity contribution is 5.69. The van der Waals surface area contributed by atoms with E-state index in [2.05, 4.69) is 21.6 Å². The van der Waals surface area contributed by atoms with Crippen LogP contribution in [0.15, 0.2) is 6.07 Å². The average Bonchev–Trinajstić information content (AvgIpc) is 2.91. The molecule has 1 aromatic heterocycles. The third-order valence-electron chi connectivity index (χ3n) is 5.21. The van der Waals surface area contributed by atoms with Crippen molar-refractivity contribution in [2.24, 2.45) is 5.92 Å². The van der Waals surface area contributed by atoms with Crippen molar-refractivity contribution in [2.75, 3.05) is 0 Å². The highest BCUT2D eigenvalue weighted by Gasteiger charge is 2.57. The quantitative estimate of drug-likeness (QED) is 0.891. The Kier molecular flexibility index (Phi) is 2.59. The van der Waals surface area contributed by atoms with Crippen LogP contribution in [0.3, 0.4) is 0 Å². The maximum absolute atomic E-state index is 11.9. The molecule has 2 atom stereocenters. The lowest BCUT2D eigenvalue weighted by Gasteiger charge is -2.61. The largest absolute Gasteiger partial charge is 0.446 e. The highest BCUT2D eigenvalue weighted by atomic mass is 16.6. The number of H-pyrrole nitrogens is 1. The van der Waals surface area contributed by atoms with Crippen LogP contribution in [-0.4, -0.2) is 27.9 Å². The lowest BCUT2D eigenvalue weighted by molar-refractivity contribution is -0.0506. The third kappa shape index (κ3) is 2.00. The number of amides is 1. The van der Waals surface area contributed by atoms with Crippen LogP contribution in [0, 0.1) is 12.8 Å². The molecule has 108 valence electrons. The number of nitrogens with zero attached hydrogens (tertiary/aromatic N) is 1. The van der Waals surface area contributed by atoms with E-state index in [0.29, 0.717) is 5.92 Å². The molecule has 0 aliphatic heterocycles. The summed E-state index contributed by atoms with van der Waals surface area (Å²) in [4.78, 5) is 11.9. The molecule has 1 amide bonds. The normalized spacial score (nSPS) is 38.0. The molecule has 1 heterocycles. The fourth-order valence-corrected chi connectivity index (χ4v) is 3.99. The van der Waals surface area contributed by atoms with Crippen LogP contribution in [0.5, 0.6) is 0 Å². The van der Waals surface area contributed by atoms with E-state index in [1.54, 1.807) is 0 Å². The molecule has 0 spiro atoms. The molecule has 2 N–H and O–H groups in total. The van der Waals surface area contributed by atoms with Crippen molar-refractivity contribution in [1.29, 1.82) is 0 Å². The van der Waals surface area contributed by atoms with Crippen LogP contribution >= 0.6 is 0 Å². The number of rotatable bonds is 3. The van der Waals surface area contributed by atoms with Crippen LogP contribution in [0.25, 0.3) is 0 Å². The van der Waals surface area contributed by atoms with Gasteiger partial charge in [0.15, 0.2) is 0 Å². The van der Waals surface area contributed by atoms with Gasteiger partial charge < -0.3 is 10.1 Å². The first-order chi connectivity index (χ1) is 9.62. The molecular weight excluding hydrogens is 254 g/mol. The summed E-state index contributed by atoms with van der Waals surface area (Å²) in [6.45, 7) is 2.01. The van der Waals surface area contributed by atoms with Gasteiger partial charge in [-0.2, -0.15) is 5.10 Å². The average molecular weight is 275 g/mol. The summed E-state index contributed by atoms with van der Waals surface area (Å²) in [7, 11) is 0. The molecule has 4 aliphatic carbocycles. The van der Waals surface area contributed by atoms with Crippen molar-refractivity contribution >= 4 is 6.09 Å². The first kappa shape index (κ1) is 12.2. The Morgan fingerprint density at radius 2 is 2.25 bits per heavy atom. The maximum Gasteiger partial charge on any atom is 0.407 e. The van der Waals surface area contributed by atoms with Gasteiger partial charge in [-0.1, -0.05) is 0 Å². The van der Waals surface area contributed by atoms with Gasteiger partial charge in [-0.25, -0.2) is 4.79 Å². The van der Waals surface area contributed by atoms with Crippen LogP contribution in [0.4, 0.5) is 4.79 Å². The number of carbonyl (C=O) groups excluding carboxylic acids is 1. The minimum absolute atomic E-state index is 0.0457. The summed E-state index contributed by atoms with van der Waals surface area (Å²) >= 11 is 0. The summed E-state index contributed by atoms with van der Waals surface area (Å²) in [5, 5.41) is 10.4. The molecule has 2 bridgehead atoms. The Morgan fingerprint density at radius 3 is 2.85 bits per heavy atom. The zero-order chi connectivity index (χ0) is 13.7. The van der Waals surface area contributed by atoms with Gasteiger partial charge in [0.2, 0.25) is 0 Å². The molecule has 20 heavy (non-hydrogen) atoms. The second-order valence-corrected chi connectivity index (χ2v) is 6.90. The molecule has 0 saturated heterocycles. The van der Waals surface area contributed by atoms with Crippen molar-refractivity contribution in [3.63, 3.8) is 0 Å². The smallest absolute Gasteiger partial charge is 0.407 e. The second kappa shape index (κ2) is 4.24. The van der Waals surface area contributed by atoms with E-state index < -0.39 is 0 Å². The van der Waals surface area contributed by atoms with Crippen LogP contribution in [0.2, 0.25) is 0 Å². The Balaban J connectivity index is 1.29. The van der Waals surface area contributed by atoms with Gasteiger partial charge in [0.1, 0.15) is 6.10 Å². The molecular formula is C15H21N3O2. The van der Waals surface area contributed by atoms with Gasteiger partial charge >= 0.3 is 6.09 Å². The summed E-state index contributed by atoms with van der Waals surface area (Å²) < 4.78 is 5.58. The van der Waals surface area contributed by atoms with Gasteiger partial charge in [-0.05, 0) is 57.4 Å². The van der Waals surface area contributed by atoms with Crippen LogP contribution in [0.1, 0.15) is 55.8 Å². The molecule has 1 aromatic rings. The van der Waals surface area contributed by atoms with Crippen molar-refractivity contribution in [2.45, 2.75) is 63.0 Å². The lowest BCUT2D eigenvalue weighted by Crippen LogP contribution is -2.68. The molecule has 5 heteroatoms. The molecule has 5 nitrogen and oxygen atoms in total. The number of nitrogens with one attached hydrogen (secondary N) is 2. The van der Waals surface area contributed by atoms with E-state index in [-0.39, 0.29) is 17.7 Å². The van der Waals surface area contributed by atoms with Gasteiger partial charge in [-0.3, -0.25) is 5.10 Å². The summed E-state index contributed by atoms with van der Waals surface area (Å²) in [5.41, 5.74) is 2.30. The number of ether oxygens (including phenoxy) is 1. The topological polar surface area (TPSA) is 67.0 Å². The number of aryl methyl sites for hydroxylation is 1. The van der Waals surface area contributed by atoms with Crippen LogP contribution in [-0.2, 0) is 4.74 Å². The van der Waals surface area contributed by atoms with Crippen molar-refractivity contribution < 1.29 is 9.53 Å². The second-order valence-electron chi connectivity index (χ2n) is 6.90. The molecule has 0 radical (unpaired) electrons. The standard InChI is InChI=1S/C15H21N3O2/c1-9-4-13(18-17-9)11-2-3-12(5-11)20-14(19)16-15-6-10(7-15)8-15/h4,10-12H,2-3,5-8H2,1H3,(H,16,19)(H,17,18). The number of aromatic nitrogens is 2. The number of alkyl carbamates (subject to hydrolysis) is 1. The fourth-order valence-electron chi connectivity index (χ4n) is 3.99. The Hall–Kier alpha value is -1.52. The van der Waals surface area contributed by atoms with Gasteiger partial charge in [0, 0.05) is 17.2 Å². The minimum atomic E-state index is -0.216. The molecule has 4 aliphatic rings. The monoisotopic (exact) mass is 275 g/mol. The summed E-state index contributed by atoms with van der Waals surface area (Å²) in [6, 6.07) is 2.09. The predicted molar refractivity (Wildman–Crippen MR) is 73.4 cm³/mol. The van der Waals surface area contributed by atoms with E-state index in [1.807, 2.05) is 6.92 Å². The maximum atomic E-state index is 11.9. The number of hydrogen-bond acceptors (Lipinski definition) is 3. The van der Waals surface area contributed by atoms with E-state index in [0.717, 1.165) is 55.8 Å². The van der Waals surface area contributed by atoms with Crippen molar-refractivity contribution in [3.05, 3.63) is 17.5 Å². The number of hydrogen-bond donors (Lipinski definition) is 2. The van der Waals surface area contributed by atoms with Gasteiger partial charge in [-0.15, -0.1) is 0 Å². The Bertz CT molecular complexity index is 522. The van der Waals surface area contributed by atoms with E-state index in [1.165, 1.54) is 0 Å². The van der Waals surface area contributed by atoms with E-state index in [9.17, 15) is 4.79 Å².